The lowest BCUT2D eigenvalue weighted by molar-refractivity contribution is 0.298. The Labute approximate surface area is 178 Å². The zero-order chi connectivity index (χ0) is 21.3. The molecule has 3 aromatic rings. The minimum Gasteiger partial charge on any atom is -0.489 e. The normalized spacial score (nSPS) is 12.2. The summed E-state index contributed by atoms with van der Waals surface area (Å²) in [6.07, 6.45) is 3.68. The molecule has 0 heterocycles. The number of hydrogen-bond acceptors (Lipinski definition) is 1. The van der Waals surface area contributed by atoms with Gasteiger partial charge in [0.05, 0.1) is 0 Å². The van der Waals surface area contributed by atoms with Gasteiger partial charge in [-0.05, 0) is 57.9 Å². The second kappa shape index (κ2) is 11.0. The molecule has 1 heteroatoms. The van der Waals surface area contributed by atoms with Gasteiger partial charge in [0.2, 0.25) is 0 Å². The topological polar surface area (TPSA) is 9.23 Å². The quantitative estimate of drug-likeness (QED) is 0.408. The molecular weight excluding hydrogens is 352 g/mol. The van der Waals surface area contributed by atoms with E-state index in [9.17, 15) is 0 Å². The second-order valence-corrected chi connectivity index (χ2v) is 8.95. The molecule has 1 nitrogen and oxygen atoms in total. The molecule has 1 unspecified atom stereocenters. The van der Waals surface area contributed by atoms with Crippen LogP contribution in [0.5, 0.6) is 5.75 Å². The van der Waals surface area contributed by atoms with Gasteiger partial charge in [0.1, 0.15) is 12.4 Å². The standard InChI is InChI=1S/C25H30O.C3H8/c1-5-8-24(25(2,3)4)21-13-15-23(16-14-21)26-18-19-11-12-20-9-6-7-10-22(20)17-19;1-3-2/h6-7,9-17,24H,5,8,18H2,1-4H3;3H2,1-2H3. The maximum Gasteiger partial charge on any atom is 0.119 e. The van der Waals surface area contributed by atoms with Gasteiger partial charge in [0, 0.05) is 0 Å². The first-order valence-corrected chi connectivity index (χ1v) is 11.1. The molecule has 0 aliphatic rings. The molecule has 3 rings (SSSR count). The second-order valence-electron chi connectivity index (χ2n) is 8.95. The van der Waals surface area contributed by atoms with Gasteiger partial charge in [0.15, 0.2) is 0 Å². The van der Waals surface area contributed by atoms with Crippen LogP contribution >= 0.6 is 0 Å². The van der Waals surface area contributed by atoms with Gasteiger partial charge in [-0.1, -0.05) is 103 Å². The summed E-state index contributed by atoms with van der Waals surface area (Å²) in [4.78, 5) is 0. The first kappa shape index (κ1) is 23.0. The van der Waals surface area contributed by atoms with Crippen LogP contribution in [0.15, 0.2) is 66.7 Å². The van der Waals surface area contributed by atoms with Crippen LogP contribution < -0.4 is 4.74 Å². The molecular formula is C28H38O. The first-order valence-electron chi connectivity index (χ1n) is 11.1. The maximum atomic E-state index is 6.02. The van der Waals surface area contributed by atoms with E-state index in [2.05, 4.69) is 108 Å². The van der Waals surface area contributed by atoms with Crippen molar-refractivity contribution in [3.63, 3.8) is 0 Å². The first-order chi connectivity index (χ1) is 13.9. The Morgan fingerprint density at radius 3 is 2.00 bits per heavy atom. The molecule has 29 heavy (non-hydrogen) atoms. The number of ether oxygens (including phenoxy) is 1. The average molecular weight is 391 g/mol. The predicted molar refractivity (Wildman–Crippen MR) is 128 cm³/mol. The van der Waals surface area contributed by atoms with Crippen molar-refractivity contribution >= 4 is 10.8 Å². The summed E-state index contributed by atoms with van der Waals surface area (Å²) < 4.78 is 6.02. The summed E-state index contributed by atoms with van der Waals surface area (Å²) in [5.41, 5.74) is 2.90. The molecule has 0 saturated carbocycles. The Balaban J connectivity index is 0.000000941. The summed E-state index contributed by atoms with van der Waals surface area (Å²) in [5, 5.41) is 2.53. The van der Waals surface area contributed by atoms with E-state index in [0.29, 0.717) is 12.5 Å². The van der Waals surface area contributed by atoms with Crippen LogP contribution in [0, 0.1) is 5.41 Å². The highest BCUT2D eigenvalue weighted by molar-refractivity contribution is 5.82. The van der Waals surface area contributed by atoms with Crippen molar-refractivity contribution < 1.29 is 4.74 Å². The van der Waals surface area contributed by atoms with Gasteiger partial charge in [-0.25, -0.2) is 0 Å². The minimum atomic E-state index is 0.281. The third kappa shape index (κ3) is 6.92. The van der Waals surface area contributed by atoms with E-state index in [4.69, 9.17) is 4.74 Å². The van der Waals surface area contributed by atoms with Crippen LogP contribution in [-0.2, 0) is 6.61 Å². The molecule has 0 aromatic heterocycles. The van der Waals surface area contributed by atoms with Crippen LogP contribution in [0.3, 0.4) is 0 Å². The van der Waals surface area contributed by atoms with Gasteiger partial charge in [-0.2, -0.15) is 0 Å². The fraction of sp³-hybridized carbons (Fsp3) is 0.429. The maximum absolute atomic E-state index is 6.02. The van der Waals surface area contributed by atoms with Crippen molar-refractivity contribution in [2.24, 2.45) is 5.41 Å². The number of benzene rings is 3. The van der Waals surface area contributed by atoms with E-state index in [1.807, 2.05) is 0 Å². The summed E-state index contributed by atoms with van der Waals surface area (Å²) in [6, 6.07) is 23.7. The number of fused-ring (bicyclic) bond motifs is 1. The van der Waals surface area contributed by atoms with Crippen molar-refractivity contribution in [2.75, 3.05) is 0 Å². The van der Waals surface area contributed by atoms with Crippen molar-refractivity contribution in [1.82, 2.24) is 0 Å². The van der Waals surface area contributed by atoms with Gasteiger partial charge in [-0.15, -0.1) is 0 Å². The Kier molecular flexibility index (Phi) is 8.76. The predicted octanol–water partition coefficient (Wildman–Crippen LogP) is 8.76. The molecule has 0 N–H and O–H groups in total. The highest BCUT2D eigenvalue weighted by Crippen LogP contribution is 2.39. The lowest BCUT2D eigenvalue weighted by Crippen LogP contribution is -2.18. The van der Waals surface area contributed by atoms with Crippen molar-refractivity contribution in [1.29, 1.82) is 0 Å². The molecule has 1 atom stereocenters. The third-order valence-electron chi connectivity index (χ3n) is 5.12. The molecule has 0 saturated heterocycles. The lowest BCUT2D eigenvalue weighted by atomic mass is 9.74. The van der Waals surface area contributed by atoms with E-state index < -0.39 is 0 Å². The summed E-state index contributed by atoms with van der Waals surface area (Å²) in [6.45, 7) is 14.1. The average Bonchev–Trinajstić information content (AvgIpc) is 2.70. The van der Waals surface area contributed by atoms with E-state index in [1.54, 1.807) is 0 Å². The highest BCUT2D eigenvalue weighted by Gasteiger charge is 2.25. The molecule has 0 aliphatic heterocycles. The molecule has 156 valence electrons. The molecule has 0 fully saturated rings. The largest absolute Gasteiger partial charge is 0.489 e. The van der Waals surface area contributed by atoms with E-state index in [1.165, 1.54) is 41.2 Å². The Hall–Kier alpha value is -2.28. The van der Waals surface area contributed by atoms with E-state index in [0.717, 1.165) is 5.75 Å². The van der Waals surface area contributed by atoms with Crippen LogP contribution in [-0.4, -0.2) is 0 Å². The van der Waals surface area contributed by atoms with Crippen LogP contribution in [0.1, 0.15) is 77.8 Å². The summed E-state index contributed by atoms with van der Waals surface area (Å²) in [7, 11) is 0. The zero-order valence-electron chi connectivity index (χ0n) is 19.2. The Morgan fingerprint density at radius 1 is 0.793 bits per heavy atom. The van der Waals surface area contributed by atoms with Crippen molar-refractivity contribution in [2.45, 2.75) is 73.3 Å². The smallest absolute Gasteiger partial charge is 0.119 e. The third-order valence-corrected chi connectivity index (χ3v) is 5.12. The van der Waals surface area contributed by atoms with Gasteiger partial charge >= 0.3 is 0 Å². The minimum absolute atomic E-state index is 0.281. The van der Waals surface area contributed by atoms with Gasteiger partial charge in [0.25, 0.3) is 0 Å². The molecule has 0 bridgehead atoms. The zero-order valence-corrected chi connectivity index (χ0v) is 19.2. The molecule has 0 radical (unpaired) electrons. The Bertz CT molecular complexity index is 855. The van der Waals surface area contributed by atoms with Gasteiger partial charge in [-0.3, -0.25) is 0 Å². The van der Waals surface area contributed by atoms with Crippen molar-refractivity contribution in [3.05, 3.63) is 77.9 Å². The molecule has 0 aliphatic carbocycles. The number of hydrogen-bond donors (Lipinski definition) is 0. The monoisotopic (exact) mass is 390 g/mol. The summed E-state index contributed by atoms with van der Waals surface area (Å²) >= 11 is 0. The van der Waals surface area contributed by atoms with Crippen LogP contribution in [0.25, 0.3) is 10.8 Å². The molecule has 3 aromatic carbocycles. The fourth-order valence-electron chi connectivity index (χ4n) is 3.68. The van der Waals surface area contributed by atoms with Crippen LogP contribution in [0.2, 0.25) is 0 Å². The molecule has 0 spiro atoms. The molecule has 0 amide bonds. The highest BCUT2D eigenvalue weighted by atomic mass is 16.5. The van der Waals surface area contributed by atoms with E-state index in [-0.39, 0.29) is 5.41 Å². The number of rotatable bonds is 6. The van der Waals surface area contributed by atoms with Crippen molar-refractivity contribution in [3.8, 4) is 5.75 Å². The van der Waals surface area contributed by atoms with Crippen LogP contribution in [0.4, 0.5) is 0 Å². The SMILES string of the molecule is CCC.CCCC(c1ccc(OCc2ccc3ccccc3c2)cc1)C(C)(C)C. The van der Waals surface area contributed by atoms with Gasteiger partial charge < -0.3 is 4.74 Å². The lowest BCUT2D eigenvalue weighted by Gasteiger charge is -2.31. The Morgan fingerprint density at radius 2 is 1.41 bits per heavy atom. The summed E-state index contributed by atoms with van der Waals surface area (Å²) in [5.74, 6) is 1.52. The fourth-order valence-corrected chi connectivity index (χ4v) is 3.68. The van der Waals surface area contributed by atoms with E-state index >= 15 is 0 Å².